The van der Waals surface area contributed by atoms with Crippen molar-refractivity contribution in [2.75, 3.05) is 5.32 Å². The summed E-state index contributed by atoms with van der Waals surface area (Å²) in [6.07, 6.45) is 1.39. The van der Waals surface area contributed by atoms with Crippen molar-refractivity contribution in [1.82, 2.24) is 9.55 Å². The summed E-state index contributed by atoms with van der Waals surface area (Å²) in [5, 5.41) is 4.72. The molecule has 6 nitrogen and oxygen atoms in total. The van der Waals surface area contributed by atoms with E-state index >= 15 is 0 Å². The lowest BCUT2D eigenvalue weighted by atomic mass is 10.2. The average molecular weight is 403 g/mol. The number of amides is 1. The molecule has 0 aliphatic rings. The Morgan fingerprint density at radius 3 is 2.59 bits per heavy atom. The predicted octanol–water partition coefficient (Wildman–Crippen LogP) is 4.40. The monoisotopic (exact) mass is 403 g/mol. The van der Waals surface area contributed by atoms with E-state index in [0.717, 1.165) is 4.88 Å². The normalized spacial score (nSPS) is 10.5. The van der Waals surface area contributed by atoms with E-state index in [1.807, 2.05) is 53.9 Å². The molecule has 0 unspecified atom stereocenters. The van der Waals surface area contributed by atoms with Crippen LogP contribution in [-0.2, 0) is 11.3 Å². The van der Waals surface area contributed by atoms with Gasteiger partial charge in [-0.05, 0) is 35.7 Å². The molecule has 1 amide bonds. The number of thiophene rings is 1. The van der Waals surface area contributed by atoms with Gasteiger partial charge < -0.3 is 10.1 Å². The number of hydrogen-bond acceptors (Lipinski definition) is 5. The molecule has 0 fully saturated rings. The fourth-order valence-electron chi connectivity index (χ4n) is 2.72. The van der Waals surface area contributed by atoms with Gasteiger partial charge in [0.05, 0.1) is 22.6 Å². The van der Waals surface area contributed by atoms with Crippen molar-refractivity contribution in [3.05, 3.63) is 94.9 Å². The van der Waals surface area contributed by atoms with Crippen LogP contribution in [0.15, 0.2) is 89.3 Å². The molecule has 0 aliphatic heterocycles. The summed E-state index contributed by atoms with van der Waals surface area (Å²) in [4.78, 5) is 30.0. The molecule has 0 saturated carbocycles. The summed E-state index contributed by atoms with van der Waals surface area (Å²) in [6, 6.07) is 21.7. The molecule has 29 heavy (non-hydrogen) atoms. The Bertz CT molecular complexity index is 1170. The summed E-state index contributed by atoms with van der Waals surface area (Å²) < 4.78 is 7.12. The van der Waals surface area contributed by atoms with E-state index < -0.39 is 0 Å². The summed E-state index contributed by atoms with van der Waals surface area (Å²) in [5.41, 5.74) is 0.841. The Labute approximate surface area is 171 Å². The van der Waals surface area contributed by atoms with Crippen molar-refractivity contribution in [1.29, 1.82) is 0 Å². The summed E-state index contributed by atoms with van der Waals surface area (Å²) >= 11 is 1.50. The topological polar surface area (TPSA) is 73.2 Å². The number of para-hydroxylation sites is 3. The first-order valence-corrected chi connectivity index (χ1v) is 9.79. The molecule has 1 N–H and O–H groups in total. The molecule has 0 atom stereocenters. The van der Waals surface area contributed by atoms with Crippen LogP contribution in [0.4, 0.5) is 5.69 Å². The van der Waals surface area contributed by atoms with E-state index in [0.29, 0.717) is 22.9 Å². The van der Waals surface area contributed by atoms with E-state index in [9.17, 15) is 9.59 Å². The third-order valence-corrected chi connectivity index (χ3v) is 4.99. The minimum absolute atomic E-state index is 0.143. The first-order valence-electron chi connectivity index (χ1n) is 8.91. The van der Waals surface area contributed by atoms with Crippen LogP contribution >= 0.6 is 11.3 Å². The maximum atomic E-state index is 12.5. The predicted molar refractivity (Wildman–Crippen MR) is 113 cm³/mol. The van der Waals surface area contributed by atoms with Crippen LogP contribution < -0.4 is 15.6 Å². The average Bonchev–Trinajstić information content (AvgIpc) is 3.27. The zero-order chi connectivity index (χ0) is 20.1. The standard InChI is InChI=1S/C22H17N3O3S/c26-21(14-25-15-23-18(13-22(25)27)20-11-6-12-29-20)24-17-9-4-5-10-19(17)28-16-7-2-1-3-8-16/h1-13,15H,14H2,(H,24,26). The van der Waals surface area contributed by atoms with Crippen LogP contribution in [0.1, 0.15) is 0 Å². The highest BCUT2D eigenvalue weighted by atomic mass is 32.1. The summed E-state index contributed by atoms with van der Waals surface area (Å²) in [5.74, 6) is 0.839. The van der Waals surface area contributed by atoms with Crippen LogP contribution in [0.5, 0.6) is 11.5 Å². The minimum Gasteiger partial charge on any atom is -0.455 e. The molecule has 4 aromatic rings. The Morgan fingerprint density at radius 2 is 1.83 bits per heavy atom. The number of benzene rings is 2. The molecule has 2 heterocycles. The van der Waals surface area contributed by atoms with Crippen LogP contribution in [0.3, 0.4) is 0 Å². The summed E-state index contributed by atoms with van der Waals surface area (Å²) in [7, 11) is 0. The van der Waals surface area contributed by atoms with E-state index in [1.165, 1.54) is 28.3 Å². The Hall–Kier alpha value is -3.71. The number of carbonyl (C=O) groups excluding carboxylic acids is 1. The minimum atomic E-state index is -0.345. The lowest BCUT2D eigenvalue weighted by molar-refractivity contribution is -0.116. The zero-order valence-electron chi connectivity index (χ0n) is 15.3. The molecular formula is C22H17N3O3S. The van der Waals surface area contributed by atoms with Gasteiger partial charge in [-0.1, -0.05) is 36.4 Å². The molecular weight excluding hydrogens is 386 g/mol. The molecule has 0 bridgehead atoms. The van der Waals surface area contributed by atoms with E-state index in [2.05, 4.69) is 10.3 Å². The number of ether oxygens (including phenoxy) is 1. The number of carbonyl (C=O) groups is 1. The molecule has 4 rings (SSSR count). The van der Waals surface area contributed by atoms with Gasteiger partial charge in [0.25, 0.3) is 5.56 Å². The molecule has 0 radical (unpaired) electrons. The second kappa shape index (κ2) is 8.53. The molecule has 0 saturated heterocycles. The van der Waals surface area contributed by atoms with Crippen molar-refractivity contribution >= 4 is 22.9 Å². The quantitative estimate of drug-likeness (QED) is 0.518. The maximum absolute atomic E-state index is 12.5. The third-order valence-electron chi connectivity index (χ3n) is 4.10. The fraction of sp³-hybridized carbons (Fsp3) is 0.0455. The van der Waals surface area contributed by atoms with Crippen LogP contribution in [0.25, 0.3) is 10.6 Å². The molecule has 144 valence electrons. The number of nitrogens with zero attached hydrogens (tertiary/aromatic N) is 2. The Kier molecular flexibility index (Phi) is 5.49. The second-order valence-electron chi connectivity index (χ2n) is 6.18. The van der Waals surface area contributed by atoms with Gasteiger partial charge in [-0.25, -0.2) is 4.98 Å². The van der Waals surface area contributed by atoms with Crippen molar-refractivity contribution in [2.24, 2.45) is 0 Å². The summed E-state index contributed by atoms with van der Waals surface area (Å²) in [6.45, 7) is -0.143. The number of nitrogens with one attached hydrogen (secondary N) is 1. The van der Waals surface area contributed by atoms with Gasteiger partial charge in [0.15, 0.2) is 5.75 Å². The number of anilines is 1. The lowest BCUT2D eigenvalue weighted by Gasteiger charge is -2.12. The Balaban J connectivity index is 1.47. The van der Waals surface area contributed by atoms with E-state index in [1.54, 1.807) is 18.2 Å². The van der Waals surface area contributed by atoms with Crippen molar-refractivity contribution in [3.8, 4) is 22.1 Å². The zero-order valence-corrected chi connectivity index (χ0v) is 16.1. The van der Waals surface area contributed by atoms with Gasteiger partial charge in [-0.15, -0.1) is 11.3 Å². The van der Waals surface area contributed by atoms with Crippen LogP contribution in [0.2, 0.25) is 0 Å². The van der Waals surface area contributed by atoms with Crippen molar-refractivity contribution in [2.45, 2.75) is 6.54 Å². The molecule has 0 spiro atoms. The van der Waals surface area contributed by atoms with Gasteiger partial charge in [-0.2, -0.15) is 0 Å². The highest BCUT2D eigenvalue weighted by Crippen LogP contribution is 2.29. The number of aromatic nitrogens is 2. The second-order valence-corrected chi connectivity index (χ2v) is 7.12. The van der Waals surface area contributed by atoms with E-state index in [-0.39, 0.29) is 18.0 Å². The highest BCUT2D eigenvalue weighted by Gasteiger charge is 2.11. The van der Waals surface area contributed by atoms with Crippen molar-refractivity contribution < 1.29 is 9.53 Å². The van der Waals surface area contributed by atoms with Gasteiger partial charge in [0.2, 0.25) is 5.91 Å². The molecule has 7 heteroatoms. The van der Waals surface area contributed by atoms with Gasteiger partial charge >= 0.3 is 0 Å². The Morgan fingerprint density at radius 1 is 1.03 bits per heavy atom. The van der Waals surface area contributed by atoms with Crippen LogP contribution in [-0.4, -0.2) is 15.5 Å². The largest absolute Gasteiger partial charge is 0.455 e. The molecule has 2 aromatic heterocycles. The van der Waals surface area contributed by atoms with Crippen LogP contribution in [0, 0.1) is 0 Å². The molecule has 0 aliphatic carbocycles. The van der Waals surface area contributed by atoms with Gasteiger partial charge in [-0.3, -0.25) is 14.2 Å². The van der Waals surface area contributed by atoms with E-state index in [4.69, 9.17) is 4.74 Å². The first-order chi connectivity index (χ1) is 14.2. The molecule has 2 aromatic carbocycles. The third kappa shape index (κ3) is 4.59. The maximum Gasteiger partial charge on any atom is 0.254 e. The fourth-order valence-corrected chi connectivity index (χ4v) is 3.42. The SMILES string of the molecule is O=C(Cn1cnc(-c2cccs2)cc1=O)Nc1ccccc1Oc1ccccc1. The number of rotatable bonds is 6. The van der Waals surface area contributed by atoms with Crippen molar-refractivity contribution in [3.63, 3.8) is 0 Å². The lowest BCUT2D eigenvalue weighted by Crippen LogP contribution is -2.27. The van der Waals surface area contributed by atoms with Gasteiger partial charge in [0.1, 0.15) is 12.3 Å². The first kappa shape index (κ1) is 18.6. The van der Waals surface area contributed by atoms with Gasteiger partial charge in [0, 0.05) is 6.07 Å². The smallest absolute Gasteiger partial charge is 0.254 e. The highest BCUT2D eigenvalue weighted by molar-refractivity contribution is 7.13. The number of hydrogen-bond donors (Lipinski definition) is 1.